The fourth-order valence-electron chi connectivity index (χ4n) is 2.52. The first-order chi connectivity index (χ1) is 11.7. The van der Waals surface area contributed by atoms with E-state index in [1.165, 1.54) is 29.8 Å². The minimum atomic E-state index is -3.41. The summed E-state index contributed by atoms with van der Waals surface area (Å²) in [6.45, 7) is 1.87. The van der Waals surface area contributed by atoms with Gasteiger partial charge in [-0.25, -0.2) is 0 Å². The van der Waals surface area contributed by atoms with Gasteiger partial charge in [0.25, 0.3) is 10.2 Å². The summed E-state index contributed by atoms with van der Waals surface area (Å²) in [6.07, 6.45) is 0. The Labute approximate surface area is 153 Å². The van der Waals surface area contributed by atoms with Crippen molar-refractivity contribution in [2.45, 2.75) is 0 Å². The van der Waals surface area contributed by atoms with Gasteiger partial charge in [0, 0.05) is 45.3 Å². The number of hydrogen-bond acceptors (Lipinski definition) is 5. The van der Waals surface area contributed by atoms with Crippen molar-refractivity contribution in [2.24, 2.45) is 0 Å². The van der Waals surface area contributed by atoms with Gasteiger partial charge in [0.15, 0.2) is 0 Å². The van der Waals surface area contributed by atoms with Gasteiger partial charge in [-0.05, 0) is 18.2 Å². The van der Waals surface area contributed by atoms with Gasteiger partial charge in [-0.1, -0.05) is 11.6 Å². The van der Waals surface area contributed by atoms with Gasteiger partial charge in [0.1, 0.15) is 5.75 Å². The van der Waals surface area contributed by atoms with E-state index in [0.29, 0.717) is 42.6 Å². The average Bonchev–Trinajstić information content (AvgIpc) is 2.55. The highest BCUT2D eigenvalue weighted by molar-refractivity contribution is 7.86. The lowest BCUT2D eigenvalue weighted by Crippen LogP contribution is -2.52. The van der Waals surface area contributed by atoms with Crippen molar-refractivity contribution in [3.63, 3.8) is 0 Å². The molecule has 0 aromatic heterocycles. The first-order valence-corrected chi connectivity index (χ1v) is 9.55. The first kappa shape index (κ1) is 19.9. The Balaban J connectivity index is 1.90. The number of carbonyl (C=O) groups is 1. The molecule has 0 radical (unpaired) electrons. The van der Waals surface area contributed by atoms with Gasteiger partial charge < -0.3 is 10.1 Å². The Morgan fingerprint density at radius 1 is 1.28 bits per heavy atom. The molecule has 1 aromatic rings. The quantitative estimate of drug-likeness (QED) is 0.773. The van der Waals surface area contributed by atoms with E-state index in [1.807, 2.05) is 4.90 Å². The predicted molar refractivity (Wildman–Crippen MR) is 97.3 cm³/mol. The third kappa shape index (κ3) is 5.05. The lowest BCUT2D eigenvalue weighted by atomic mass is 10.3. The molecule has 2 rings (SSSR count). The minimum Gasteiger partial charge on any atom is -0.495 e. The lowest BCUT2D eigenvalue weighted by molar-refractivity contribution is -0.117. The highest BCUT2D eigenvalue weighted by Gasteiger charge is 2.29. The van der Waals surface area contributed by atoms with E-state index in [-0.39, 0.29) is 12.5 Å². The minimum absolute atomic E-state index is 0.172. The zero-order valence-electron chi connectivity index (χ0n) is 14.5. The van der Waals surface area contributed by atoms with E-state index < -0.39 is 10.2 Å². The van der Waals surface area contributed by atoms with Crippen molar-refractivity contribution in [1.29, 1.82) is 0 Å². The van der Waals surface area contributed by atoms with Crippen LogP contribution in [0.4, 0.5) is 5.69 Å². The number of amides is 1. The summed E-state index contributed by atoms with van der Waals surface area (Å²) in [5, 5.41) is 3.28. The third-order valence-corrected chi connectivity index (χ3v) is 6.10. The molecule has 0 spiro atoms. The molecule has 0 unspecified atom stereocenters. The summed E-state index contributed by atoms with van der Waals surface area (Å²) in [6, 6.07) is 4.99. The number of hydrogen-bond donors (Lipinski definition) is 1. The van der Waals surface area contributed by atoms with E-state index in [4.69, 9.17) is 16.3 Å². The van der Waals surface area contributed by atoms with Gasteiger partial charge in [0.05, 0.1) is 19.3 Å². The zero-order chi connectivity index (χ0) is 18.6. The third-order valence-electron chi connectivity index (χ3n) is 3.92. The van der Waals surface area contributed by atoms with Gasteiger partial charge in [0.2, 0.25) is 5.91 Å². The van der Waals surface area contributed by atoms with Crippen molar-refractivity contribution >= 4 is 33.4 Å². The molecule has 1 heterocycles. The van der Waals surface area contributed by atoms with Crippen LogP contribution in [0.25, 0.3) is 0 Å². The molecule has 0 aliphatic carbocycles. The maximum Gasteiger partial charge on any atom is 0.281 e. The molecule has 0 bridgehead atoms. The van der Waals surface area contributed by atoms with Crippen LogP contribution >= 0.6 is 11.6 Å². The molecule has 1 aliphatic heterocycles. The maximum atomic E-state index is 12.3. The molecule has 0 atom stereocenters. The zero-order valence-corrected chi connectivity index (χ0v) is 16.1. The highest BCUT2D eigenvalue weighted by atomic mass is 35.5. The van der Waals surface area contributed by atoms with Crippen LogP contribution in [0.1, 0.15) is 0 Å². The highest BCUT2D eigenvalue weighted by Crippen LogP contribution is 2.27. The number of anilines is 1. The fraction of sp³-hybridized carbons (Fsp3) is 0.533. The largest absolute Gasteiger partial charge is 0.495 e. The van der Waals surface area contributed by atoms with Crippen LogP contribution in [0.15, 0.2) is 18.2 Å². The molecule has 140 valence electrons. The molecule has 1 amide bonds. The Kier molecular flexibility index (Phi) is 6.64. The first-order valence-electron chi connectivity index (χ1n) is 7.77. The van der Waals surface area contributed by atoms with Gasteiger partial charge in [-0.2, -0.15) is 17.0 Å². The lowest BCUT2D eigenvalue weighted by Gasteiger charge is -2.34. The summed E-state index contributed by atoms with van der Waals surface area (Å²) >= 11 is 5.95. The molecule has 1 saturated heterocycles. The molecular weight excluding hydrogens is 368 g/mol. The second kappa shape index (κ2) is 8.33. The van der Waals surface area contributed by atoms with Crippen LogP contribution in [0.3, 0.4) is 0 Å². The van der Waals surface area contributed by atoms with Gasteiger partial charge in [-0.15, -0.1) is 0 Å². The molecule has 10 heteroatoms. The molecule has 1 aromatic carbocycles. The Morgan fingerprint density at radius 2 is 1.92 bits per heavy atom. The molecular formula is C15H23ClN4O4S. The predicted octanol–water partition coefficient (Wildman–Crippen LogP) is 0.711. The molecule has 8 nitrogen and oxygen atoms in total. The van der Waals surface area contributed by atoms with Crippen molar-refractivity contribution < 1.29 is 17.9 Å². The number of methoxy groups -OCH3 is 1. The second-order valence-corrected chi connectivity index (χ2v) is 8.44. The fourth-order valence-corrected chi connectivity index (χ4v) is 3.78. The van der Waals surface area contributed by atoms with Crippen molar-refractivity contribution in [3.8, 4) is 5.75 Å². The summed E-state index contributed by atoms with van der Waals surface area (Å²) in [5.74, 6) is 0.323. The topological polar surface area (TPSA) is 82.2 Å². The SMILES string of the molecule is COc1ccc(Cl)cc1NC(=O)CN1CCN(S(=O)(=O)N(C)C)CC1. The smallest absolute Gasteiger partial charge is 0.281 e. The van der Waals surface area contributed by atoms with Gasteiger partial charge in [-0.3, -0.25) is 9.69 Å². The van der Waals surface area contributed by atoms with Crippen LogP contribution < -0.4 is 10.1 Å². The van der Waals surface area contributed by atoms with E-state index in [2.05, 4.69) is 5.32 Å². The monoisotopic (exact) mass is 390 g/mol. The summed E-state index contributed by atoms with van der Waals surface area (Å²) in [7, 11) is 1.13. The average molecular weight is 391 g/mol. The summed E-state index contributed by atoms with van der Waals surface area (Å²) in [4.78, 5) is 14.2. The van der Waals surface area contributed by atoms with Crippen LogP contribution in [0.5, 0.6) is 5.75 Å². The molecule has 1 aliphatic rings. The van der Waals surface area contributed by atoms with Crippen LogP contribution in [0.2, 0.25) is 5.02 Å². The van der Waals surface area contributed by atoms with Gasteiger partial charge >= 0.3 is 0 Å². The Hall–Kier alpha value is -1.39. The number of halogens is 1. The maximum absolute atomic E-state index is 12.3. The molecule has 0 saturated carbocycles. The Morgan fingerprint density at radius 3 is 2.48 bits per heavy atom. The number of carbonyl (C=O) groups excluding carboxylic acids is 1. The van der Waals surface area contributed by atoms with Crippen LogP contribution in [-0.4, -0.2) is 81.8 Å². The Bertz CT molecular complexity index is 718. The van der Waals surface area contributed by atoms with Crippen molar-refractivity contribution in [3.05, 3.63) is 23.2 Å². The standard InChI is InChI=1S/C15H23ClN4O4S/c1-18(2)25(22,23)20-8-6-19(7-9-20)11-15(21)17-13-10-12(16)4-5-14(13)24-3/h4-5,10H,6-9,11H2,1-3H3,(H,17,21). The molecule has 1 fully saturated rings. The number of rotatable bonds is 6. The number of nitrogens with one attached hydrogen (secondary N) is 1. The molecule has 1 N–H and O–H groups in total. The second-order valence-electron chi connectivity index (χ2n) is 5.86. The number of nitrogens with zero attached hydrogens (tertiary/aromatic N) is 3. The van der Waals surface area contributed by atoms with Crippen LogP contribution in [0, 0.1) is 0 Å². The number of ether oxygens (including phenoxy) is 1. The summed E-state index contributed by atoms with van der Waals surface area (Å²) in [5.41, 5.74) is 0.508. The van der Waals surface area contributed by atoms with E-state index in [0.717, 1.165) is 0 Å². The normalized spacial score (nSPS) is 16.8. The molecule has 25 heavy (non-hydrogen) atoms. The van der Waals surface area contributed by atoms with E-state index >= 15 is 0 Å². The number of benzene rings is 1. The number of piperazine rings is 1. The van der Waals surface area contributed by atoms with Crippen molar-refractivity contribution in [2.75, 3.05) is 59.2 Å². The van der Waals surface area contributed by atoms with E-state index in [9.17, 15) is 13.2 Å². The summed E-state index contributed by atoms with van der Waals surface area (Å²) < 4.78 is 32.0. The van der Waals surface area contributed by atoms with Crippen LogP contribution in [-0.2, 0) is 15.0 Å². The van der Waals surface area contributed by atoms with Crippen molar-refractivity contribution in [1.82, 2.24) is 13.5 Å². The van der Waals surface area contributed by atoms with E-state index in [1.54, 1.807) is 18.2 Å².